The van der Waals surface area contributed by atoms with Crippen molar-refractivity contribution in [2.75, 3.05) is 11.5 Å². The van der Waals surface area contributed by atoms with E-state index in [9.17, 15) is 18.0 Å². The molecule has 1 saturated heterocycles. The van der Waals surface area contributed by atoms with Crippen molar-refractivity contribution >= 4 is 21.7 Å². The van der Waals surface area contributed by atoms with Gasteiger partial charge >= 0.3 is 5.97 Å². The first-order valence-corrected chi connectivity index (χ1v) is 7.68. The largest absolute Gasteiger partial charge is 0.481 e. The summed E-state index contributed by atoms with van der Waals surface area (Å²) in [5, 5.41) is 11.3. The highest BCUT2D eigenvalue weighted by atomic mass is 32.2. The third-order valence-corrected chi connectivity index (χ3v) is 4.80. The molecule has 6 nitrogen and oxygen atoms in total. The number of carbonyl (C=O) groups is 2. The number of rotatable bonds is 5. The molecular weight excluding hydrogens is 258 g/mol. The average molecular weight is 277 g/mol. The fourth-order valence-corrected chi connectivity index (χ4v) is 3.66. The summed E-state index contributed by atoms with van der Waals surface area (Å²) in [5.74, 6) is -1.76. The van der Waals surface area contributed by atoms with Gasteiger partial charge in [0.1, 0.15) is 0 Å². The van der Waals surface area contributed by atoms with Gasteiger partial charge in [-0.15, -0.1) is 0 Å². The maximum Gasteiger partial charge on any atom is 0.303 e. The number of carboxylic acid groups (broad SMARTS) is 1. The molecule has 18 heavy (non-hydrogen) atoms. The summed E-state index contributed by atoms with van der Waals surface area (Å²) in [6.07, 6.45) is 0.632. The van der Waals surface area contributed by atoms with Crippen LogP contribution in [0.15, 0.2) is 0 Å². The topological polar surface area (TPSA) is 101 Å². The molecule has 0 aromatic heterocycles. The highest BCUT2D eigenvalue weighted by Crippen LogP contribution is 2.20. The minimum Gasteiger partial charge on any atom is -0.481 e. The van der Waals surface area contributed by atoms with Crippen LogP contribution in [0.4, 0.5) is 0 Å². The van der Waals surface area contributed by atoms with Crippen LogP contribution in [0.3, 0.4) is 0 Å². The van der Waals surface area contributed by atoms with Crippen LogP contribution in [-0.4, -0.2) is 42.4 Å². The summed E-state index contributed by atoms with van der Waals surface area (Å²) in [5.41, 5.74) is -0.637. The van der Waals surface area contributed by atoms with Gasteiger partial charge in [0.25, 0.3) is 0 Å². The molecule has 1 heterocycles. The quantitative estimate of drug-likeness (QED) is 0.746. The zero-order valence-corrected chi connectivity index (χ0v) is 11.4. The molecular formula is C11H19NO5S. The summed E-state index contributed by atoms with van der Waals surface area (Å²) >= 11 is 0. The minimum absolute atomic E-state index is 0.0315. The SMILES string of the molecule is CC(C)(CCC(=O)O)NC(=O)C1CCS(=O)(=O)C1. The fraction of sp³-hybridized carbons (Fsp3) is 0.818. The first-order chi connectivity index (χ1) is 8.11. The zero-order valence-electron chi connectivity index (χ0n) is 10.6. The van der Waals surface area contributed by atoms with Crippen LogP contribution in [-0.2, 0) is 19.4 Å². The monoisotopic (exact) mass is 277 g/mol. The molecule has 7 heteroatoms. The molecule has 0 bridgehead atoms. The Morgan fingerprint density at radius 1 is 1.39 bits per heavy atom. The lowest BCUT2D eigenvalue weighted by Gasteiger charge is -2.27. The Labute approximate surface area is 107 Å². The number of hydrogen-bond donors (Lipinski definition) is 2. The number of sulfone groups is 1. The number of carbonyl (C=O) groups excluding carboxylic acids is 1. The van der Waals surface area contributed by atoms with E-state index in [0.29, 0.717) is 12.8 Å². The predicted octanol–water partition coefficient (Wildman–Crippen LogP) is 0.181. The van der Waals surface area contributed by atoms with Crippen molar-refractivity contribution in [3.8, 4) is 0 Å². The van der Waals surface area contributed by atoms with Crippen molar-refractivity contribution in [2.24, 2.45) is 5.92 Å². The number of hydrogen-bond acceptors (Lipinski definition) is 4. The van der Waals surface area contributed by atoms with Gasteiger partial charge in [0, 0.05) is 12.0 Å². The van der Waals surface area contributed by atoms with Crippen molar-refractivity contribution in [2.45, 2.75) is 38.6 Å². The van der Waals surface area contributed by atoms with Crippen molar-refractivity contribution in [1.82, 2.24) is 5.32 Å². The lowest BCUT2D eigenvalue weighted by atomic mass is 9.96. The van der Waals surface area contributed by atoms with E-state index in [4.69, 9.17) is 5.11 Å². The second kappa shape index (κ2) is 5.26. The van der Waals surface area contributed by atoms with Gasteiger partial charge in [-0.05, 0) is 26.7 Å². The predicted molar refractivity (Wildman–Crippen MR) is 65.9 cm³/mol. The maximum atomic E-state index is 11.9. The molecule has 1 atom stereocenters. The first kappa shape index (κ1) is 14.9. The standard InChI is InChI=1S/C11H19NO5S/c1-11(2,5-3-9(13)14)12-10(15)8-4-6-18(16,17)7-8/h8H,3-7H2,1-2H3,(H,12,15)(H,13,14). The van der Waals surface area contributed by atoms with E-state index >= 15 is 0 Å². The van der Waals surface area contributed by atoms with E-state index in [1.807, 2.05) is 0 Å². The van der Waals surface area contributed by atoms with Crippen LogP contribution < -0.4 is 5.32 Å². The van der Waals surface area contributed by atoms with E-state index < -0.39 is 27.3 Å². The summed E-state index contributed by atoms with van der Waals surface area (Å²) in [6.45, 7) is 3.47. The van der Waals surface area contributed by atoms with Gasteiger partial charge in [-0.3, -0.25) is 9.59 Å². The van der Waals surface area contributed by atoms with Gasteiger partial charge < -0.3 is 10.4 Å². The highest BCUT2D eigenvalue weighted by molar-refractivity contribution is 7.91. The summed E-state index contributed by atoms with van der Waals surface area (Å²) < 4.78 is 22.5. The van der Waals surface area contributed by atoms with Crippen molar-refractivity contribution in [3.63, 3.8) is 0 Å². The molecule has 0 spiro atoms. The van der Waals surface area contributed by atoms with Gasteiger partial charge in [-0.1, -0.05) is 0 Å². The van der Waals surface area contributed by atoms with E-state index in [-0.39, 0.29) is 23.8 Å². The van der Waals surface area contributed by atoms with Crippen molar-refractivity contribution < 1.29 is 23.1 Å². The van der Waals surface area contributed by atoms with Crippen LogP contribution in [0.25, 0.3) is 0 Å². The third-order valence-electron chi connectivity index (χ3n) is 3.03. The Morgan fingerprint density at radius 3 is 2.44 bits per heavy atom. The van der Waals surface area contributed by atoms with Crippen LogP contribution in [0.5, 0.6) is 0 Å². The fourth-order valence-electron chi connectivity index (χ4n) is 1.92. The zero-order chi connectivity index (χ0) is 14.0. The normalized spacial score (nSPS) is 22.7. The van der Waals surface area contributed by atoms with Gasteiger partial charge in [0.2, 0.25) is 5.91 Å². The molecule has 1 unspecified atom stereocenters. The average Bonchev–Trinajstić information content (AvgIpc) is 2.55. The molecule has 0 aliphatic carbocycles. The van der Waals surface area contributed by atoms with Crippen LogP contribution in [0.1, 0.15) is 33.1 Å². The van der Waals surface area contributed by atoms with E-state index in [2.05, 4.69) is 5.32 Å². The molecule has 0 aromatic rings. The molecule has 0 saturated carbocycles. The van der Waals surface area contributed by atoms with Crippen molar-refractivity contribution in [1.29, 1.82) is 0 Å². The first-order valence-electron chi connectivity index (χ1n) is 5.85. The molecule has 104 valence electrons. The smallest absolute Gasteiger partial charge is 0.303 e. The summed E-state index contributed by atoms with van der Waals surface area (Å²) in [4.78, 5) is 22.4. The third kappa shape index (κ3) is 4.64. The Hall–Kier alpha value is -1.11. The van der Waals surface area contributed by atoms with Gasteiger partial charge in [-0.25, -0.2) is 8.42 Å². The maximum absolute atomic E-state index is 11.9. The van der Waals surface area contributed by atoms with E-state index in [1.165, 1.54) is 0 Å². The Morgan fingerprint density at radius 2 is 2.00 bits per heavy atom. The molecule has 0 aromatic carbocycles. The van der Waals surface area contributed by atoms with Crippen LogP contribution in [0, 0.1) is 5.92 Å². The highest BCUT2D eigenvalue weighted by Gasteiger charge is 2.35. The number of nitrogens with one attached hydrogen (secondary N) is 1. The summed E-state index contributed by atoms with van der Waals surface area (Å²) in [7, 11) is -3.08. The summed E-state index contributed by atoms with van der Waals surface area (Å²) in [6, 6.07) is 0. The Balaban J connectivity index is 2.51. The van der Waals surface area contributed by atoms with Gasteiger partial charge in [-0.2, -0.15) is 0 Å². The van der Waals surface area contributed by atoms with Crippen molar-refractivity contribution in [3.05, 3.63) is 0 Å². The Bertz CT molecular complexity index is 440. The van der Waals surface area contributed by atoms with E-state index in [0.717, 1.165) is 0 Å². The molecule has 1 fully saturated rings. The van der Waals surface area contributed by atoms with Crippen LogP contribution in [0.2, 0.25) is 0 Å². The lowest BCUT2D eigenvalue weighted by molar-refractivity contribution is -0.138. The van der Waals surface area contributed by atoms with E-state index in [1.54, 1.807) is 13.8 Å². The molecule has 0 radical (unpaired) electrons. The number of amides is 1. The minimum atomic E-state index is -3.08. The number of carboxylic acids is 1. The van der Waals surface area contributed by atoms with Crippen LogP contribution >= 0.6 is 0 Å². The number of aliphatic carboxylic acids is 1. The van der Waals surface area contributed by atoms with Gasteiger partial charge in [0.05, 0.1) is 17.4 Å². The Kier molecular flexibility index (Phi) is 4.37. The molecule has 1 aliphatic rings. The molecule has 1 aliphatic heterocycles. The van der Waals surface area contributed by atoms with Gasteiger partial charge in [0.15, 0.2) is 9.84 Å². The second-order valence-corrected chi connectivity index (χ2v) is 7.60. The molecule has 2 N–H and O–H groups in total. The molecule has 1 rings (SSSR count). The second-order valence-electron chi connectivity index (χ2n) is 5.37. The molecule has 1 amide bonds. The lowest BCUT2D eigenvalue weighted by Crippen LogP contribution is -2.46.